The van der Waals surface area contributed by atoms with Gasteiger partial charge >= 0.3 is 11.8 Å². The number of hydrogen-bond donors (Lipinski definition) is 2. The van der Waals surface area contributed by atoms with Crippen molar-refractivity contribution in [3.05, 3.63) is 58.0 Å². The first-order valence-electron chi connectivity index (χ1n) is 10.6. The van der Waals surface area contributed by atoms with E-state index in [9.17, 15) is 18.8 Å². The first kappa shape index (κ1) is 22.9. The highest BCUT2D eigenvalue weighted by molar-refractivity contribution is 7.09. The quantitative estimate of drug-likeness (QED) is 0.640. The fraction of sp³-hybridized carbons (Fsp3) is 0.435. The lowest BCUT2D eigenvalue weighted by Crippen LogP contribution is -2.52. The molecule has 31 heavy (non-hydrogen) atoms. The number of nitrogens with one attached hydrogen (secondary N) is 2. The zero-order valence-corrected chi connectivity index (χ0v) is 18.6. The Kier molecular flexibility index (Phi) is 7.79. The second kappa shape index (κ2) is 10.5. The molecule has 0 aliphatic heterocycles. The Morgan fingerprint density at radius 3 is 2.39 bits per heavy atom. The molecule has 0 spiro atoms. The molecule has 1 aliphatic carbocycles. The molecule has 1 fully saturated rings. The Morgan fingerprint density at radius 2 is 1.81 bits per heavy atom. The van der Waals surface area contributed by atoms with Gasteiger partial charge in [-0.2, -0.15) is 0 Å². The molecule has 1 unspecified atom stereocenters. The molecule has 2 aromatic rings. The molecule has 1 atom stereocenters. The maximum atomic E-state index is 13.5. The molecule has 3 rings (SSSR count). The van der Waals surface area contributed by atoms with Gasteiger partial charge in [-0.1, -0.05) is 31.0 Å². The fourth-order valence-corrected chi connectivity index (χ4v) is 4.50. The minimum atomic E-state index is -1.05. The van der Waals surface area contributed by atoms with E-state index in [-0.39, 0.29) is 6.04 Å². The van der Waals surface area contributed by atoms with Gasteiger partial charge in [-0.25, -0.2) is 4.39 Å². The van der Waals surface area contributed by atoms with E-state index in [4.69, 9.17) is 0 Å². The van der Waals surface area contributed by atoms with E-state index in [0.717, 1.165) is 30.6 Å². The van der Waals surface area contributed by atoms with Crippen LogP contribution >= 0.6 is 11.3 Å². The van der Waals surface area contributed by atoms with E-state index in [2.05, 4.69) is 10.6 Å². The molecule has 0 saturated heterocycles. The number of amides is 3. The maximum Gasteiger partial charge on any atom is 0.313 e. The van der Waals surface area contributed by atoms with Crippen molar-refractivity contribution < 1.29 is 18.8 Å². The molecule has 3 amide bonds. The van der Waals surface area contributed by atoms with E-state index < -0.39 is 35.6 Å². The Bertz CT molecular complexity index is 893. The number of hydrogen-bond acceptors (Lipinski definition) is 4. The van der Waals surface area contributed by atoms with Crippen molar-refractivity contribution in [2.75, 3.05) is 0 Å². The van der Waals surface area contributed by atoms with E-state index in [1.54, 1.807) is 13.8 Å². The van der Waals surface area contributed by atoms with Gasteiger partial charge in [0.2, 0.25) is 5.91 Å². The smallest absolute Gasteiger partial charge is 0.313 e. The van der Waals surface area contributed by atoms with Gasteiger partial charge < -0.3 is 15.5 Å². The Hall–Kier alpha value is -2.74. The monoisotopic (exact) mass is 445 g/mol. The summed E-state index contributed by atoms with van der Waals surface area (Å²) < 4.78 is 13.5. The van der Waals surface area contributed by atoms with Gasteiger partial charge in [0.25, 0.3) is 0 Å². The predicted octanol–water partition coefficient (Wildman–Crippen LogP) is 3.54. The van der Waals surface area contributed by atoms with Crippen LogP contribution in [0.2, 0.25) is 0 Å². The Balaban J connectivity index is 1.85. The molecule has 1 saturated carbocycles. The average molecular weight is 446 g/mol. The third-order valence-electron chi connectivity index (χ3n) is 5.40. The van der Waals surface area contributed by atoms with Crippen LogP contribution in [0, 0.1) is 5.82 Å². The van der Waals surface area contributed by atoms with Crippen LogP contribution in [-0.4, -0.2) is 34.7 Å². The second-order valence-corrected chi connectivity index (χ2v) is 9.04. The van der Waals surface area contributed by atoms with Gasteiger partial charge in [0.1, 0.15) is 11.9 Å². The van der Waals surface area contributed by atoms with Crippen molar-refractivity contribution in [1.29, 1.82) is 0 Å². The first-order chi connectivity index (χ1) is 14.9. The molecule has 166 valence electrons. The minimum absolute atomic E-state index is 0.0117. The van der Waals surface area contributed by atoms with Crippen LogP contribution in [0.3, 0.4) is 0 Å². The Labute approximate surface area is 185 Å². The lowest BCUT2D eigenvalue weighted by molar-refractivity contribution is -0.152. The summed E-state index contributed by atoms with van der Waals surface area (Å²) in [6.07, 6.45) is 3.75. The molecule has 1 aliphatic rings. The molecule has 0 bridgehead atoms. The van der Waals surface area contributed by atoms with Crippen LogP contribution in [-0.2, 0) is 20.9 Å². The summed E-state index contributed by atoms with van der Waals surface area (Å²) in [5, 5.41) is 7.57. The number of benzene rings is 1. The highest BCUT2D eigenvalue weighted by Crippen LogP contribution is 2.25. The highest BCUT2D eigenvalue weighted by Gasteiger charge is 2.37. The third-order valence-corrected chi connectivity index (χ3v) is 6.28. The summed E-state index contributed by atoms with van der Waals surface area (Å²) in [6, 6.07) is 7.74. The maximum absolute atomic E-state index is 13.5. The first-order valence-corrected chi connectivity index (χ1v) is 11.4. The van der Waals surface area contributed by atoms with Crippen molar-refractivity contribution in [2.45, 2.75) is 64.2 Å². The number of nitrogens with zero attached hydrogens (tertiary/aromatic N) is 1. The van der Waals surface area contributed by atoms with Crippen LogP contribution in [0.15, 0.2) is 41.8 Å². The fourth-order valence-electron chi connectivity index (χ4n) is 3.85. The number of halogens is 1. The summed E-state index contributed by atoms with van der Waals surface area (Å²) in [5.74, 6) is -2.33. The number of carbonyl (C=O) groups excluding carboxylic acids is 3. The highest BCUT2D eigenvalue weighted by atomic mass is 32.1. The van der Waals surface area contributed by atoms with Crippen LogP contribution in [0.4, 0.5) is 4.39 Å². The second-order valence-electron chi connectivity index (χ2n) is 8.01. The Morgan fingerprint density at radius 1 is 1.13 bits per heavy atom. The SMILES string of the molecule is CC(C)N(C(=O)C(=O)NC1CCCC1)C(C(=O)NCc1cccs1)c1ccc(F)cc1. The zero-order chi connectivity index (χ0) is 22.4. The standard InChI is InChI=1S/C23H28FN3O3S/c1-15(2)27(23(30)22(29)26-18-6-3-4-7-18)20(16-9-11-17(24)12-10-16)21(28)25-14-19-8-5-13-31-19/h5,8-13,15,18,20H,3-4,6-7,14H2,1-2H3,(H,25,28)(H,26,29). The van der Waals surface area contributed by atoms with Crippen molar-refractivity contribution in [2.24, 2.45) is 0 Å². The summed E-state index contributed by atoms with van der Waals surface area (Å²) in [6.45, 7) is 3.82. The summed E-state index contributed by atoms with van der Waals surface area (Å²) in [5.41, 5.74) is 0.445. The zero-order valence-electron chi connectivity index (χ0n) is 17.8. The summed E-state index contributed by atoms with van der Waals surface area (Å²) >= 11 is 1.51. The molecule has 1 heterocycles. The molecule has 1 aromatic carbocycles. The van der Waals surface area contributed by atoms with Gasteiger partial charge in [0.15, 0.2) is 0 Å². The van der Waals surface area contributed by atoms with Gasteiger partial charge in [0.05, 0.1) is 6.54 Å². The van der Waals surface area contributed by atoms with Crippen molar-refractivity contribution >= 4 is 29.1 Å². The third kappa shape index (κ3) is 5.91. The number of rotatable bonds is 7. The van der Waals surface area contributed by atoms with E-state index in [0.29, 0.717) is 12.1 Å². The number of carbonyl (C=O) groups is 3. The summed E-state index contributed by atoms with van der Waals surface area (Å²) in [7, 11) is 0. The molecule has 6 nitrogen and oxygen atoms in total. The van der Waals surface area contributed by atoms with E-state index in [1.807, 2.05) is 17.5 Å². The van der Waals surface area contributed by atoms with Crippen LogP contribution < -0.4 is 10.6 Å². The van der Waals surface area contributed by atoms with E-state index in [1.165, 1.54) is 40.5 Å². The lowest BCUT2D eigenvalue weighted by atomic mass is 10.0. The average Bonchev–Trinajstić information content (AvgIpc) is 3.44. The molecule has 0 radical (unpaired) electrons. The van der Waals surface area contributed by atoms with Crippen molar-refractivity contribution in [3.63, 3.8) is 0 Å². The molecule has 2 N–H and O–H groups in total. The molecular formula is C23H28FN3O3S. The molecule has 1 aromatic heterocycles. The van der Waals surface area contributed by atoms with Gasteiger partial charge in [-0.15, -0.1) is 11.3 Å². The normalized spacial score (nSPS) is 15.0. The van der Waals surface area contributed by atoms with Crippen LogP contribution in [0.25, 0.3) is 0 Å². The van der Waals surface area contributed by atoms with Crippen LogP contribution in [0.1, 0.15) is 56.0 Å². The topological polar surface area (TPSA) is 78.5 Å². The van der Waals surface area contributed by atoms with Gasteiger partial charge in [0, 0.05) is 17.0 Å². The van der Waals surface area contributed by atoms with Crippen molar-refractivity contribution in [3.8, 4) is 0 Å². The summed E-state index contributed by atoms with van der Waals surface area (Å²) in [4.78, 5) is 41.3. The van der Waals surface area contributed by atoms with E-state index >= 15 is 0 Å². The predicted molar refractivity (Wildman–Crippen MR) is 118 cm³/mol. The lowest BCUT2D eigenvalue weighted by Gasteiger charge is -2.34. The largest absolute Gasteiger partial charge is 0.349 e. The van der Waals surface area contributed by atoms with Crippen LogP contribution in [0.5, 0.6) is 0 Å². The minimum Gasteiger partial charge on any atom is -0.349 e. The van der Waals surface area contributed by atoms with Crippen molar-refractivity contribution in [1.82, 2.24) is 15.5 Å². The molecular weight excluding hydrogens is 417 g/mol. The number of thiophene rings is 1. The van der Waals surface area contributed by atoms with Gasteiger partial charge in [-0.3, -0.25) is 14.4 Å². The van der Waals surface area contributed by atoms with Gasteiger partial charge in [-0.05, 0) is 55.8 Å². The molecule has 8 heteroatoms.